The number of hydrogen-bond donors (Lipinski definition) is 2. The third kappa shape index (κ3) is 6.35. The van der Waals surface area contributed by atoms with Gasteiger partial charge in [0.2, 0.25) is 15.9 Å². The molecular formula is C19H24FN5O6S3. The first-order chi connectivity index (χ1) is 15.9. The van der Waals surface area contributed by atoms with E-state index in [9.17, 15) is 26.0 Å². The third-order valence-electron chi connectivity index (χ3n) is 4.78. The van der Waals surface area contributed by atoms with Crippen LogP contribution in [0.2, 0.25) is 0 Å². The summed E-state index contributed by atoms with van der Waals surface area (Å²) in [5.41, 5.74) is 1.95. The fourth-order valence-corrected chi connectivity index (χ4v) is 6.16. The Kier molecular flexibility index (Phi) is 8.02. The van der Waals surface area contributed by atoms with Crippen LogP contribution in [0.1, 0.15) is 16.0 Å². The van der Waals surface area contributed by atoms with Gasteiger partial charge in [-0.05, 0) is 17.7 Å². The Balaban J connectivity index is 1.94. The van der Waals surface area contributed by atoms with Crippen molar-refractivity contribution < 1.29 is 30.8 Å². The number of alkyl halides is 1. The van der Waals surface area contributed by atoms with Gasteiger partial charge in [-0.25, -0.2) is 31.3 Å². The number of sulfone groups is 1. The molecule has 186 valence electrons. The van der Waals surface area contributed by atoms with Gasteiger partial charge in [-0.15, -0.1) is 11.3 Å². The van der Waals surface area contributed by atoms with Crippen LogP contribution in [0.5, 0.6) is 0 Å². The predicted octanol–water partition coefficient (Wildman–Crippen LogP) is 0.766. The van der Waals surface area contributed by atoms with Crippen LogP contribution >= 0.6 is 11.3 Å². The summed E-state index contributed by atoms with van der Waals surface area (Å²) in [5.74, 6) is -1.43. The van der Waals surface area contributed by atoms with Crippen molar-refractivity contribution in [2.75, 3.05) is 32.3 Å². The molecule has 0 aliphatic heterocycles. The van der Waals surface area contributed by atoms with Gasteiger partial charge in [0.25, 0.3) is 0 Å². The minimum atomic E-state index is -3.93. The summed E-state index contributed by atoms with van der Waals surface area (Å²) in [6.45, 7) is -0.239. The number of benzene rings is 1. The minimum absolute atomic E-state index is 0.0317. The largest absolute Gasteiger partial charge is 0.383 e. The molecule has 3 aromatic rings. The monoisotopic (exact) mass is 533 g/mol. The van der Waals surface area contributed by atoms with Gasteiger partial charge in [-0.3, -0.25) is 9.48 Å². The molecule has 1 aromatic carbocycles. The lowest BCUT2D eigenvalue weighted by atomic mass is 10.1. The number of carbonyl (C=O) groups is 1. The topological polar surface area (TPSA) is 163 Å². The van der Waals surface area contributed by atoms with E-state index in [1.807, 2.05) is 0 Å². The van der Waals surface area contributed by atoms with Crippen LogP contribution < -0.4 is 10.5 Å². The molecule has 3 rings (SSSR count). The van der Waals surface area contributed by atoms with E-state index in [0.29, 0.717) is 34.5 Å². The molecule has 0 aliphatic rings. The van der Waals surface area contributed by atoms with E-state index in [-0.39, 0.29) is 17.2 Å². The molecule has 1 amide bonds. The Bertz CT molecular complexity index is 1400. The average Bonchev–Trinajstić information content (AvgIpc) is 3.33. The second-order valence-electron chi connectivity index (χ2n) is 7.48. The maximum Gasteiger partial charge on any atom is 0.245 e. The summed E-state index contributed by atoms with van der Waals surface area (Å²) >= 11 is 1.01. The number of sulfonamides is 1. The van der Waals surface area contributed by atoms with E-state index in [0.717, 1.165) is 17.6 Å². The van der Waals surface area contributed by atoms with E-state index < -0.39 is 43.4 Å². The molecule has 0 bridgehead atoms. The Morgan fingerprint density at radius 1 is 1.32 bits per heavy atom. The Hall–Kier alpha value is -2.46. The van der Waals surface area contributed by atoms with Gasteiger partial charge in [0, 0.05) is 31.7 Å². The minimum Gasteiger partial charge on any atom is -0.383 e. The third-order valence-corrected chi connectivity index (χ3v) is 8.08. The number of nitrogens with one attached hydrogen (secondary N) is 1. The van der Waals surface area contributed by atoms with Gasteiger partial charge in [-0.2, -0.15) is 5.10 Å². The molecule has 2 heterocycles. The summed E-state index contributed by atoms with van der Waals surface area (Å²) in [5, 5.41) is 9.83. The van der Waals surface area contributed by atoms with E-state index in [1.165, 1.54) is 0 Å². The number of fused-ring (bicyclic) bond motifs is 1. The van der Waals surface area contributed by atoms with Crippen LogP contribution in [0.4, 0.5) is 4.39 Å². The number of thiazole rings is 1. The zero-order valence-electron chi connectivity index (χ0n) is 18.4. The summed E-state index contributed by atoms with van der Waals surface area (Å²) in [7, 11) is -6.20. The van der Waals surface area contributed by atoms with E-state index in [2.05, 4.69) is 15.4 Å². The Morgan fingerprint density at radius 3 is 2.68 bits per heavy atom. The van der Waals surface area contributed by atoms with Gasteiger partial charge >= 0.3 is 0 Å². The number of aromatic nitrogens is 3. The zero-order valence-corrected chi connectivity index (χ0v) is 20.8. The molecule has 15 heteroatoms. The summed E-state index contributed by atoms with van der Waals surface area (Å²) in [6.07, 6.45) is 2.60. The highest BCUT2D eigenvalue weighted by atomic mass is 32.2. The molecule has 0 aliphatic carbocycles. The number of carbonyl (C=O) groups excluding carboxylic acids is 1. The zero-order chi connectivity index (χ0) is 25.1. The number of ether oxygens (including phenoxy) is 1. The fraction of sp³-hybridized carbons (Fsp3) is 0.421. The lowest BCUT2D eigenvalue weighted by Gasteiger charge is -2.12. The molecule has 0 fully saturated rings. The number of nitrogens with zero attached hydrogens (tertiary/aromatic N) is 3. The van der Waals surface area contributed by atoms with Gasteiger partial charge in [0.1, 0.15) is 17.4 Å². The Labute approximate surface area is 200 Å². The van der Waals surface area contributed by atoms with Gasteiger partial charge in [-0.1, -0.05) is 6.07 Å². The normalized spacial score (nSPS) is 13.3. The molecule has 34 heavy (non-hydrogen) atoms. The van der Waals surface area contributed by atoms with E-state index in [4.69, 9.17) is 9.88 Å². The smallest absolute Gasteiger partial charge is 0.245 e. The van der Waals surface area contributed by atoms with Crippen molar-refractivity contribution in [3.63, 3.8) is 0 Å². The summed E-state index contributed by atoms with van der Waals surface area (Å²) in [4.78, 5) is 16.9. The summed E-state index contributed by atoms with van der Waals surface area (Å²) in [6, 6.07) is 5.09. The van der Waals surface area contributed by atoms with E-state index >= 15 is 0 Å². The molecule has 0 spiro atoms. The van der Waals surface area contributed by atoms with Crippen molar-refractivity contribution in [2.24, 2.45) is 5.14 Å². The van der Waals surface area contributed by atoms with Crippen molar-refractivity contribution in [1.29, 1.82) is 0 Å². The average molecular weight is 534 g/mol. The van der Waals surface area contributed by atoms with Crippen molar-refractivity contribution in [2.45, 2.75) is 18.5 Å². The molecule has 1 atom stereocenters. The molecule has 0 saturated carbocycles. The highest BCUT2D eigenvalue weighted by Gasteiger charge is 2.34. The lowest BCUT2D eigenvalue weighted by molar-refractivity contribution is -0.120. The number of rotatable bonds is 11. The highest BCUT2D eigenvalue weighted by Crippen LogP contribution is 2.34. The first-order valence-corrected chi connectivity index (χ1v) is 14.4. The molecule has 0 saturated heterocycles. The predicted molar refractivity (Wildman–Crippen MR) is 126 cm³/mol. The SMILES string of the molecule is COCCn1cc(-c2ccc3nc(C(C(=O)NCCS(N)(=O)=O)S(C)(=O)=O)sc3c2)c(CF)n1. The first-order valence-electron chi connectivity index (χ1n) is 9.92. The number of hydrogen-bond acceptors (Lipinski definition) is 9. The number of halogens is 1. The second kappa shape index (κ2) is 10.4. The van der Waals surface area contributed by atoms with Crippen LogP contribution in [0, 0.1) is 0 Å². The van der Waals surface area contributed by atoms with Crippen LogP contribution in [0.15, 0.2) is 24.4 Å². The lowest BCUT2D eigenvalue weighted by Crippen LogP contribution is -2.37. The maximum absolute atomic E-state index is 13.6. The maximum atomic E-state index is 13.6. The van der Waals surface area contributed by atoms with Crippen molar-refractivity contribution in [3.05, 3.63) is 35.1 Å². The summed E-state index contributed by atoms with van der Waals surface area (Å²) < 4.78 is 67.7. The second-order valence-corrected chi connectivity index (χ2v) is 12.4. The number of amides is 1. The van der Waals surface area contributed by atoms with Crippen LogP contribution in [-0.4, -0.2) is 69.8 Å². The number of methoxy groups -OCH3 is 1. The van der Waals surface area contributed by atoms with Crippen molar-refractivity contribution in [1.82, 2.24) is 20.1 Å². The molecule has 1 unspecified atom stereocenters. The van der Waals surface area contributed by atoms with Crippen LogP contribution in [-0.2, 0) is 42.6 Å². The van der Waals surface area contributed by atoms with Gasteiger partial charge in [0.05, 0.1) is 29.1 Å². The quantitative estimate of drug-likeness (QED) is 0.365. The van der Waals surface area contributed by atoms with Crippen molar-refractivity contribution in [3.8, 4) is 11.1 Å². The molecule has 0 radical (unpaired) electrons. The van der Waals surface area contributed by atoms with Gasteiger partial charge in [0.15, 0.2) is 15.1 Å². The molecule has 3 N–H and O–H groups in total. The van der Waals surface area contributed by atoms with Crippen molar-refractivity contribution >= 4 is 47.3 Å². The van der Waals surface area contributed by atoms with E-state index in [1.54, 1.807) is 36.2 Å². The Morgan fingerprint density at radius 2 is 2.06 bits per heavy atom. The molecule has 11 nitrogen and oxygen atoms in total. The number of primary sulfonamides is 1. The number of nitrogens with two attached hydrogens (primary N) is 1. The molecule has 2 aromatic heterocycles. The fourth-order valence-electron chi connectivity index (χ4n) is 3.22. The van der Waals surface area contributed by atoms with Crippen LogP contribution in [0.3, 0.4) is 0 Å². The first kappa shape index (κ1) is 26.2. The molecular weight excluding hydrogens is 509 g/mol. The van der Waals surface area contributed by atoms with Crippen LogP contribution in [0.25, 0.3) is 21.3 Å². The standard InChI is InChI=1S/C19H24FN5O6S3/c1-31-7-6-25-11-13(15(10-20)24-25)12-3-4-14-16(9-12)32-19(23-14)17(33(2,27)28)18(26)22-5-8-34(21,29)30/h3-4,9,11,17H,5-8,10H2,1-2H3,(H,22,26)(H2,21,29,30). The highest BCUT2D eigenvalue weighted by molar-refractivity contribution is 7.91. The van der Waals surface area contributed by atoms with Gasteiger partial charge < -0.3 is 10.1 Å².